The number of rotatable bonds is 9. The summed E-state index contributed by atoms with van der Waals surface area (Å²) in [5.41, 5.74) is 0. The number of aromatic nitrogens is 3. The molecule has 0 fully saturated rings. The second-order valence-corrected chi connectivity index (χ2v) is 6.02. The summed E-state index contributed by atoms with van der Waals surface area (Å²) in [6.07, 6.45) is 1.69. The number of para-hydroxylation sites is 1. The Morgan fingerprint density at radius 1 is 1.03 bits per heavy atom. The maximum absolute atomic E-state index is 13.4. The molecule has 0 aliphatic carbocycles. The van der Waals surface area contributed by atoms with Crippen LogP contribution in [0.25, 0.3) is 0 Å². The molecule has 1 amide bonds. The number of amides is 1. The molecule has 2 aromatic heterocycles. The largest absolute Gasteiger partial charge is 0.481 e. The van der Waals surface area contributed by atoms with Crippen molar-refractivity contribution in [3.05, 3.63) is 66.4 Å². The number of halogens is 1. The fourth-order valence-corrected chi connectivity index (χ4v) is 2.44. The topological polar surface area (TPSA) is 101 Å². The molecule has 0 aliphatic heterocycles. The zero-order valence-corrected chi connectivity index (χ0v) is 15.9. The minimum absolute atomic E-state index is 0.0465. The van der Waals surface area contributed by atoms with E-state index in [4.69, 9.17) is 4.74 Å². The Hall–Kier alpha value is -3.75. The van der Waals surface area contributed by atoms with E-state index in [2.05, 4.69) is 30.9 Å². The van der Waals surface area contributed by atoms with Crippen LogP contribution in [0, 0.1) is 12.7 Å². The van der Waals surface area contributed by atoms with Gasteiger partial charge in [-0.15, -0.1) is 0 Å². The van der Waals surface area contributed by atoms with E-state index in [0.29, 0.717) is 36.4 Å². The molecule has 0 unspecified atom stereocenters. The normalized spacial score (nSPS) is 10.3. The summed E-state index contributed by atoms with van der Waals surface area (Å²) >= 11 is 0. The number of anilines is 3. The van der Waals surface area contributed by atoms with Crippen molar-refractivity contribution in [3.63, 3.8) is 0 Å². The van der Waals surface area contributed by atoms with E-state index in [1.165, 1.54) is 12.1 Å². The molecule has 0 aliphatic rings. The van der Waals surface area contributed by atoms with E-state index in [1.807, 2.05) is 18.2 Å². The van der Waals surface area contributed by atoms with Gasteiger partial charge in [0, 0.05) is 25.4 Å². The minimum atomic E-state index is -0.504. The van der Waals surface area contributed by atoms with Crippen LogP contribution in [0.15, 0.2) is 54.7 Å². The van der Waals surface area contributed by atoms with Crippen molar-refractivity contribution < 1.29 is 13.9 Å². The summed E-state index contributed by atoms with van der Waals surface area (Å²) in [7, 11) is 0. The first-order valence-electron chi connectivity index (χ1n) is 9.02. The van der Waals surface area contributed by atoms with Crippen molar-refractivity contribution in [2.75, 3.05) is 30.3 Å². The molecule has 8 nitrogen and oxygen atoms in total. The quantitative estimate of drug-likeness (QED) is 0.478. The SMILES string of the molecule is Cc1nc(NCCNC(=O)COc2ccccc2F)cc(Nc2ccccn2)n1. The van der Waals surface area contributed by atoms with Crippen molar-refractivity contribution in [3.8, 4) is 5.75 Å². The van der Waals surface area contributed by atoms with Gasteiger partial charge in [0.25, 0.3) is 5.91 Å². The van der Waals surface area contributed by atoms with Crippen LogP contribution in [-0.4, -0.2) is 40.6 Å². The van der Waals surface area contributed by atoms with E-state index >= 15 is 0 Å². The van der Waals surface area contributed by atoms with Gasteiger partial charge in [0.1, 0.15) is 23.3 Å². The standard InChI is InChI=1S/C20H21FN6O2/c1-14-25-18(12-19(26-14)27-17-8-4-5-9-22-17)23-10-11-24-20(28)13-29-16-7-3-2-6-15(16)21/h2-9,12H,10-11,13H2,1H3,(H,24,28)(H2,22,23,25,26,27). The van der Waals surface area contributed by atoms with Crippen molar-refractivity contribution in [2.24, 2.45) is 0 Å². The first-order chi connectivity index (χ1) is 14.1. The van der Waals surface area contributed by atoms with Crippen molar-refractivity contribution >= 4 is 23.4 Å². The van der Waals surface area contributed by atoms with E-state index in [0.717, 1.165) is 0 Å². The lowest BCUT2D eigenvalue weighted by Gasteiger charge is -2.11. The lowest BCUT2D eigenvalue weighted by Crippen LogP contribution is -2.32. The number of hydrogen-bond donors (Lipinski definition) is 3. The first-order valence-corrected chi connectivity index (χ1v) is 9.02. The molecule has 150 valence electrons. The Labute approximate surface area is 167 Å². The zero-order chi connectivity index (χ0) is 20.5. The van der Waals surface area contributed by atoms with Gasteiger partial charge in [-0.05, 0) is 31.2 Å². The van der Waals surface area contributed by atoms with Crippen LogP contribution < -0.4 is 20.7 Å². The Balaban J connectivity index is 1.43. The van der Waals surface area contributed by atoms with Gasteiger partial charge >= 0.3 is 0 Å². The fraction of sp³-hybridized carbons (Fsp3) is 0.200. The third-order valence-corrected chi connectivity index (χ3v) is 3.71. The molecule has 3 rings (SSSR count). The van der Waals surface area contributed by atoms with Gasteiger partial charge < -0.3 is 20.7 Å². The number of carbonyl (C=O) groups excluding carboxylic acids is 1. The Kier molecular flexibility index (Phi) is 6.88. The Bertz CT molecular complexity index is 955. The lowest BCUT2D eigenvalue weighted by molar-refractivity contribution is -0.123. The Morgan fingerprint density at radius 3 is 2.62 bits per heavy atom. The highest BCUT2D eigenvalue weighted by molar-refractivity contribution is 5.77. The van der Waals surface area contributed by atoms with Gasteiger partial charge in [-0.2, -0.15) is 0 Å². The zero-order valence-electron chi connectivity index (χ0n) is 15.9. The summed E-state index contributed by atoms with van der Waals surface area (Å²) in [4.78, 5) is 24.7. The third kappa shape index (κ3) is 6.42. The Morgan fingerprint density at radius 2 is 1.83 bits per heavy atom. The number of benzene rings is 1. The smallest absolute Gasteiger partial charge is 0.258 e. The summed E-state index contributed by atoms with van der Waals surface area (Å²) in [6, 6.07) is 13.2. The van der Waals surface area contributed by atoms with Gasteiger partial charge in [0.05, 0.1) is 0 Å². The molecular formula is C20H21FN6O2. The number of nitrogens with one attached hydrogen (secondary N) is 3. The fourth-order valence-electron chi connectivity index (χ4n) is 2.44. The van der Waals surface area contributed by atoms with Crippen LogP contribution in [-0.2, 0) is 4.79 Å². The molecule has 3 N–H and O–H groups in total. The predicted molar refractivity (Wildman–Crippen MR) is 108 cm³/mol. The van der Waals surface area contributed by atoms with Gasteiger partial charge in [-0.3, -0.25) is 4.79 Å². The highest BCUT2D eigenvalue weighted by Gasteiger charge is 2.06. The van der Waals surface area contributed by atoms with Crippen LogP contribution in [0.1, 0.15) is 5.82 Å². The van der Waals surface area contributed by atoms with Gasteiger partial charge in [0.2, 0.25) is 0 Å². The maximum Gasteiger partial charge on any atom is 0.258 e. The number of carbonyl (C=O) groups is 1. The summed E-state index contributed by atoms with van der Waals surface area (Å²) < 4.78 is 18.6. The molecule has 1 aromatic carbocycles. The molecule has 0 saturated carbocycles. The molecule has 0 bridgehead atoms. The minimum Gasteiger partial charge on any atom is -0.481 e. The highest BCUT2D eigenvalue weighted by atomic mass is 19.1. The first kappa shape index (κ1) is 20.0. The molecule has 9 heteroatoms. The number of ether oxygens (including phenoxy) is 1. The lowest BCUT2D eigenvalue weighted by atomic mass is 10.3. The molecule has 3 aromatic rings. The van der Waals surface area contributed by atoms with Crippen LogP contribution in [0.5, 0.6) is 5.75 Å². The predicted octanol–water partition coefficient (Wildman–Crippen LogP) is 2.67. The average molecular weight is 396 g/mol. The summed E-state index contributed by atoms with van der Waals surface area (Å²) in [5, 5.41) is 8.93. The molecular weight excluding hydrogens is 375 g/mol. The summed E-state index contributed by atoms with van der Waals surface area (Å²) in [6.45, 7) is 2.33. The second kappa shape index (κ2) is 9.98. The molecule has 0 radical (unpaired) electrons. The molecule has 29 heavy (non-hydrogen) atoms. The van der Waals surface area contributed by atoms with Crippen LogP contribution in [0.2, 0.25) is 0 Å². The molecule has 0 spiro atoms. The van der Waals surface area contributed by atoms with Crippen molar-refractivity contribution in [1.29, 1.82) is 0 Å². The number of aryl methyl sites for hydroxylation is 1. The van der Waals surface area contributed by atoms with Crippen molar-refractivity contribution in [2.45, 2.75) is 6.92 Å². The van der Waals surface area contributed by atoms with E-state index < -0.39 is 5.82 Å². The molecule has 0 saturated heterocycles. The third-order valence-electron chi connectivity index (χ3n) is 3.71. The van der Waals surface area contributed by atoms with Gasteiger partial charge in [-0.25, -0.2) is 19.3 Å². The van der Waals surface area contributed by atoms with Crippen LogP contribution in [0.4, 0.5) is 21.8 Å². The monoisotopic (exact) mass is 396 g/mol. The maximum atomic E-state index is 13.4. The van der Waals surface area contributed by atoms with Crippen LogP contribution >= 0.6 is 0 Å². The number of pyridine rings is 1. The number of hydrogen-bond acceptors (Lipinski definition) is 7. The highest BCUT2D eigenvalue weighted by Crippen LogP contribution is 2.16. The van der Waals surface area contributed by atoms with E-state index in [1.54, 1.807) is 31.3 Å². The second-order valence-electron chi connectivity index (χ2n) is 6.02. The number of nitrogens with zero attached hydrogens (tertiary/aromatic N) is 3. The van der Waals surface area contributed by atoms with E-state index in [9.17, 15) is 9.18 Å². The van der Waals surface area contributed by atoms with Crippen molar-refractivity contribution in [1.82, 2.24) is 20.3 Å². The van der Waals surface area contributed by atoms with Crippen LogP contribution in [0.3, 0.4) is 0 Å². The summed E-state index contributed by atoms with van der Waals surface area (Å²) in [5.74, 6) is 1.70. The van der Waals surface area contributed by atoms with Gasteiger partial charge in [-0.1, -0.05) is 18.2 Å². The molecule has 0 atom stereocenters. The van der Waals surface area contributed by atoms with Gasteiger partial charge in [0.15, 0.2) is 18.2 Å². The molecule has 2 heterocycles. The van der Waals surface area contributed by atoms with E-state index in [-0.39, 0.29) is 18.3 Å². The average Bonchev–Trinajstić information content (AvgIpc) is 2.71.